The molecule has 0 saturated heterocycles. The molecule has 4 nitrogen and oxygen atoms in total. The van der Waals surface area contributed by atoms with Gasteiger partial charge in [-0.05, 0) is 12.1 Å². The molecule has 1 aromatic heterocycles. The summed E-state index contributed by atoms with van der Waals surface area (Å²) in [5.74, 6) is 0. The van der Waals surface area contributed by atoms with Crippen molar-refractivity contribution in [1.29, 1.82) is 5.26 Å². The van der Waals surface area contributed by atoms with Crippen LogP contribution in [0.15, 0.2) is 35.3 Å². The van der Waals surface area contributed by atoms with E-state index in [1.807, 2.05) is 22.8 Å². The average Bonchev–Trinajstić information content (AvgIpc) is 2.38. The van der Waals surface area contributed by atoms with Crippen molar-refractivity contribution < 1.29 is 4.74 Å². The van der Waals surface area contributed by atoms with Gasteiger partial charge in [0.2, 0.25) is 5.43 Å². The van der Waals surface area contributed by atoms with Gasteiger partial charge in [-0.3, -0.25) is 4.79 Å². The van der Waals surface area contributed by atoms with E-state index in [-0.39, 0.29) is 11.0 Å². The molecular formula is C13H12N2O2. The third kappa shape index (κ3) is 2.05. The second kappa shape index (κ2) is 4.81. The van der Waals surface area contributed by atoms with Gasteiger partial charge in [-0.1, -0.05) is 12.1 Å². The van der Waals surface area contributed by atoms with E-state index in [1.165, 1.54) is 0 Å². The van der Waals surface area contributed by atoms with Crippen molar-refractivity contribution in [2.24, 2.45) is 0 Å². The standard InChI is InChI=1S/C13H12N2O2/c1-17-7-6-15-9-10(8-14)13(16)11-4-2-3-5-12(11)15/h2-5,9H,6-7H2,1H3. The van der Waals surface area contributed by atoms with E-state index in [0.717, 1.165) is 5.52 Å². The Hall–Kier alpha value is -2.12. The smallest absolute Gasteiger partial charge is 0.207 e. The molecule has 17 heavy (non-hydrogen) atoms. The van der Waals surface area contributed by atoms with E-state index < -0.39 is 0 Å². The summed E-state index contributed by atoms with van der Waals surface area (Å²) in [4.78, 5) is 11.9. The predicted octanol–water partition coefficient (Wildman–Crippen LogP) is 1.52. The van der Waals surface area contributed by atoms with Gasteiger partial charge < -0.3 is 9.30 Å². The maximum Gasteiger partial charge on any atom is 0.207 e. The molecule has 86 valence electrons. The van der Waals surface area contributed by atoms with Crippen LogP contribution >= 0.6 is 0 Å². The molecule has 0 saturated carbocycles. The molecule has 0 amide bonds. The van der Waals surface area contributed by atoms with E-state index in [1.54, 1.807) is 25.4 Å². The summed E-state index contributed by atoms with van der Waals surface area (Å²) in [6.07, 6.45) is 1.59. The van der Waals surface area contributed by atoms with Crippen LogP contribution < -0.4 is 5.43 Å². The zero-order valence-corrected chi connectivity index (χ0v) is 9.51. The molecular weight excluding hydrogens is 216 g/mol. The van der Waals surface area contributed by atoms with Gasteiger partial charge in [0.15, 0.2) is 0 Å². The van der Waals surface area contributed by atoms with Crippen LogP contribution in [0.2, 0.25) is 0 Å². The molecule has 0 aliphatic heterocycles. The first-order valence-electron chi connectivity index (χ1n) is 5.29. The van der Waals surface area contributed by atoms with Crippen LogP contribution in [0.3, 0.4) is 0 Å². The fourth-order valence-electron chi connectivity index (χ4n) is 1.80. The fraction of sp³-hybridized carbons (Fsp3) is 0.231. The number of hydrogen-bond acceptors (Lipinski definition) is 3. The SMILES string of the molecule is COCCn1cc(C#N)c(=O)c2ccccc21. The number of nitrogens with zero attached hydrogens (tertiary/aromatic N) is 2. The molecule has 0 aliphatic rings. The number of methoxy groups -OCH3 is 1. The van der Waals surface area contributed by atoms with E-state index in [2.05, 4.69) is 0 Å². The van der Waals surface area contributed by atoms with Crippen molar-refractivity contribution in [3.05, 3.63) is 46.2 Å². The van der Waals surface area contributed by atoms with Crippen LogP contribution in [0, 0.1) is 11.3 Å². The zero-order chi connectivity index (χ0) is 12.3. The lowest BCUT2D eigenvalue weighted by Crippen LogP contribution is -2.14. The number of para-hydroxylation sites is 1. The highest BCUT2D eigenvalue weighted by atomic mass is 16.5. The van der Waals surface area contributed by atoms with Crippen molar-refractivity contribution in [3.8, 4) is 6.07 Å². The topological polar surface area (TPSA) is 55.0 Å². The molecule has 1 aromatic carbocycles. The molecule has 0 unspecified atom stereocenters. The number of ether oxygens (including phenoxy) is 1. The van der Waals surface area contributed by atoms with Crippen molar-refractivity contribution in [3.63, 3.8) is 0 Å². The minimum absolute atomic E-state index is 0.166. The number of fused-ring (bicyclic) bond motifs is 1. The Kier molecular flexibility index (Phi) is 3.22. The summed E-state index contributed by atoms with van der Waals surface area (Å²) in [5.41, 5.74) is 0.783. The quantitative estimate of drug-likeness (QED) is 0.800. The maximum atomic E-state index is 11.9. The molecule has 0 radical (unpaired) electrons. The van der Waals surface area contributed by atoms with Gasteiger partial charge in [-0.15, -0.1) is 0 Å². The van der Waals surface area contributed by atoms with E-state index in [4.69, 9.17) is 10.00 Å². The van der Waals surface area contributed by atoms with Gasteiger partial charge in [0.05, 0.1) is 12.1 Å². The first kappa shape index (κ1) is 11.4. The number of nitriles is 1. The summed E-state index contributed by atoms with van der Waals surface area (Å²) in [5, 5.41) is 9.51. The average molecular weight is 228 g/mol. The Morgan fingerprint density at radius 2 is 2.18 bits per heavy atom. The third-order valence-electron chi connectivity index (χ3n) is 2.64. The van der Waals surface area contributed by atoms with Crippen molar-refractivity contribution in [2.45, 2.75) is 6.54 Å². The molecule has 2 rings (SSSR count). The van der Waals surface area contributed by atoms with Crippen molar-refractivity contribution in [1.82, 2.24) is 4.57 Å². The molecule has 4 heteroatoms. The fourth-order valence-corrected chi connectivity index (χ4v) is 1.80. The second-order valence-electron chi connectivity index (χ2n) is 3.69. The lowest BCUT2D eigenvalue weighted by molar-refractivity contribution is 0.188. The van der Waals surface area contributed by atoms with Crippen molar-refractivity contribution >= 4 is 10.9 Å². The van der Waals surface area contributed by atoms with E-state index >= 15 is 0 Å². The highest BCUT2D eigenvalue weighted by Crippen LogP contribution is 2.11. The van der Waals surface area contributed by atoms with E-state index in [9.17, 15) is 4.79 Å². The molecule has 0 atom stereocenters. The first-order valence-corrected chi connectivity index (χ1v) is 5.29. The zero-order valence-electron chi connectivity index (χ0n) is 9.51. The molecule has 0 spiro atoms. The summed E-state index contributed by atoms with van der Waals surface area (Å²) < 4.78 is 6.89. The maximum absolute atomic E-state index is 11.9. The molecule has 1 heterocycles. The van der Waals surface area contributed by atoms with Crippen LogP contribution in [0.1, 0.15) is 5.56 Å². The number of rotatable bonds is 3. The monoisotopic (exact) mass is 228 g/mol. The van der Waals surface area contributed by atoms with E-state index in [0.29, 0.717) is 18.5 Å². The minimum atomic E-state index is -0.211. The van der Waals surface area contributed by atoms with Gasteiger partial charge in [0.25, 0.3) is 0 Å². The van der Waals surface area contributed by atoms with Gasteiger partial charge in [0, 0.05) is 25.2 Å². The summed E-state index contributed by atoms with van der Waals surface area (Å²) in [6, 6.07) is 9.21. The Labute approximate surface area is 98.7 Å². The van der Waals surface area contributed by atoms with Crippen molar-refractivity contribution in [2.75, 3.05) is 13.7 Å². The van der Waals surface area contributed by atoms with Crippen LogP contribution in [0.5, 0.6) is 0 Å². The van der Waals surface area contributed by atoms with Gasteiger partial charge in [-0.25, -0.2) is 0 Å². The Bertz CT molecular complexity index is 638. The largest absolute Gasteiger partial charge is 0.383 e. The third-order valence-corrected chi connectivity index (χ3v) is 2.64. The van der Waals surface area contributed by atoms with Gasteiger partial charge in [-0.2, -0.15) is 5.26 Å². The lowest BCUT2D eigenvalue weighted by atomic mass is 10.1. The molecule has 0 N–H and O–H groups in total. The van der Waals surface area contributed by atoms with Crippen LogP contribution in [-0.2, 0) is 11.3 Å². The second-order valence-corrected chi connectivity index (χ2v) is 3.69. The molecule has 0 aliphatic carbocycles. The highest BCUT2D eigenvalue weighted by Gasteiger charge is 2.07. The number of benzene rings is 1. The predicted molar refractivity (Wildman–Crippen MR) is 64.8 cm³/mol. The summed E-state index contributed by atoms with van der Waals surface area (Å²) >= 11 is 0. The minimum Gasteiger partial charge on any atom is -0.383 e. The molecule has 2 aromatic rings. The number of hydrogen-bond donors (Lipinski definition) is 0. The first-order chi connectivity index (χ1) is 8.27. The number of aromatic nitrogens is 1. The highest BCUT2D eigenvalue weighted by molar-refractivity contribution is 5.80. The Morgan fingerprint density at radius 1 is 1.41 bits per heavy atom. The van der Waals surface area contributed by atoms with Gasteiger partial charge >= 0.3 is 0 Å². The Morgan fingerprint density at radius 3 is 2.88 bits per heavy atom. The van der Waals surface area contributed by atoms with Crippen LogP contribution in [0.4, 0.5) is 0 Å². The Balaban J connectivity index is 2.70. The molecule has 0 fully saturated rings. The van der Waals surface area contributed by atoms with Crippen LogP contribution in [0.25, 0.3) is 10.9 Å². The van der Waals surface area contributed by atoms with Crippen LogP contribution in [-0.4, -0.2) is 18.3 Å². The van der Waals surface area contributed by atoms with Gasteiger partial charge in [0.1, 0.15) is 11.6 Å². The normalized spacial score (nSPS) is 10.4. The molecule has 0 bridgehead atoms. The lowest BCUT2D eigenvalue weighted by Gasteiger charge is -2.10. The number of pyridine rings is 1. The summed E-state index contributed by atoms with van der Waals surface area (Å²) in [7, 11) is 1.62. The summed E-state index contributed by atoms with van der Waals surface area (Å²) in [6.45, 7) is 1.16.